The van der Waals surface area contributed by atoms with E-state index >= 15 is 0 Å². The van der Waals surface area contributed by atoms with E-state index in [1.165, 1.54) is 0 Å². The number of carbonyl (C=O) groups is 2. The summed E-state index contributed by atoms with van der Waals surface area (Å²) in [7, 11) is 0. The number of hydrogen-bond acceptors (Lipinski definition) is 2. The predicted molar refractivity (Wildman–Crippen MR) is 90.5 cm³/mol. The molecular formula is C19H20N2O2. The second-order valence-corrected chi connectivity index (χ2v) is 5.68. The van der Waals surface area contributed by atoms with Crippen molar-refractivity contribution in [1.82, 2.24) is 5.32 Å². The molecule has 23 heavy (non-hydrogen) atoms. The van der Waals surface area contributed by atoms with Crippen molar-refractivity contribution in [3.8, 4) is 0 Å². The summed E-state index contributed by atoms with van der Waals surface area (Å²) in [6.45, 7) is 2.63. The van der Waals surface area contributed by atoms with Gasteiger partial charge in [0.25, 0.3) is 5.91 Å². The van der Waals surface area contributed by atoms with Crippen LogP contribution in [0.4, 0.5) is 5.69 Å². The molecule has 0 fully saturated rings. The lowest BCUT2D eigenvalue weighted by molar-refractivity contribution is -0.122. The van der Waals surface area contributed by atoms with Crippen LogP contribution in [-0.4, -0.2) is 24.4 Å². The van der Waals surface area contributed by atoms with Crippen molar-refractivity contribution in [3.05, 3.63) is 65.7 Å². The minimum atomic E-state index is -0.480. The zero-order valence-corrected chi connectivity index (χ0v) is 13.2. The molecule has 0 bridgehead atoms. The van der Waals surface area contributed by atoms with E-state index in [0.29, 0.717) is 18.5 Å². The van der Waals surface area contributed by atoms with E-state index in [2.05, 4.69) is 5.32 Å². The first-order valence-corrected chi connectivity index (χ1v) is 7.96. The molecule has 0 saturated carbocycles. The van der Waals surface area contributed by atoms with Gasteiger partial charge >= 0.3 is 0 Å². The fraction of sp³-hybridized carbons (Fsp3) is 0.263. The van der Waals surface area contributed by atoms with Crippen LogP contribution in [0.3, 0.4) is 0 Å². The normalized spacial score (nSPS) is 16.0. The van der Waals surface area contributed by atoms with Crippen molar-refractivity contribution in [2.75, 3.05) is 11.4 Å². The first kappa shape index (κ1) is 15.3. The molecule has 0 radical (unpaired) electrons. The second-order valence-electron chi connectivity index (χ2n) is 5.68. The van der Waals surface area contributed by atoms with Crippen molar-refractivity contribution in [3.63, 3.8) is 0 Å². The summed E-state index contributed by atoms with van der Waals surface area (Å²) >= 11 is 0. The number of hydrogen-bond donors (Lipinski definition) is 1. The molecule has 4 nitrogen and oxygen atoms in total. The highest BCUT2D eigenvalue weighted by Gasteiger charge is 2.38. The lowest BCUT2D eigenvalue weighted by atomic mass is 10.1. The van der Waals surface area contributed by atoms with Gasteiger partial charge in [0, 0.05) is 24.2 Å². The second kappa shape index (κ2) is 6.65. The average molecular weight is 308 g/mol. The molecule has 2 aromatic carbocycles. The molecule has 2 amide bonds. The largest absolute Gasteiger partial charge is 0.354 e. The van der Waals surface area contributed by atoms with Gasteiger partial charge in [-0.3, -0.25) is 14.5 Å². The topological polar surface area (TPSA) is 49.4 Å². The zero-order chi connectivity index (χ0) is 16.2. The lowest BCUT2D eigenvalue weighted by Crippen LogP contribution is -2.48. The Morgan fingerprint density at radius 1 is 1.09 bits per heavy atom. The van der Waals surface area contributed by atoms with Gasteiger partial charge in [-0.15, -0.1) is 0 Å². The molecule has 4 heteroatoms. The van der Waals surface area contributed by atoms with E-state index in [1.54, 1.807) is 17.0 Å². The molecule has 118 valence electrons. The summed E-state index contributed by atoms with van der Waals surface area (Å²) in [4.78, 5) is 27.1. The van der Waals surface area contributed by atoms with Crippen LogP contribution in [0.5, 0.6) is 0 Å². The highest BCUT2D eigenvalue weighted by molar-refractivity contribution is 6.11. The maximum Gasteiger partial charge on any atom is 0.259 e. The van der Waals surface area contributed by atoms with Gasteiger partial charge in [0.15, 0.2) is 0 Å². The van der Waals surface area contributed by atoms with Crippen LogP contribution in [0.1, 0.15) is 29.3 Å². The van der Waals surface area contributed by atoms with Crippen LogP contribution < -0.4 is 10.2 Å². The molecule has 2 aromatic rings. The molecule has 3 rings (SSSR count). The van der Waals surface area contributed by atoms with Gasteiger partial charge in [0.1, 0.15) is 6.04 Å². The summed E-state index contributed by atoms with van der Waals surface area (Å²) in [5, 5.41) is 2.91. The Morgan fingerprint density at radius 2 is 1.78 bits per heavy atom. The van der Waals surface area contributed by atoms with E-state index in [1.807, 2.05) is 49.4 Å². The van der Waals surface area contributed by atoms with Crippen LogP contribution in [0.2, 0.25) is 0 Å². The number of nitrogens with zero attached hydrogens (tertiary/aromatic N) is 1. The molecule has 1 aliphatic rings. The predicted octanol–water partition coefficient (Wildman–Crippen LogP) is 2.78. The first-order valence-electron chi connectivity index (χ1n) is 7.96. The molecule has 1 atom stereocenters. The fourth-order valence-electron chi connectivity index (χ4n) is 2.93. The molecular weight excluding hydrogens is 288 g/mol. The molecule has 0 aromatic heterocycles. The highest BCUT2D eigenvalue weighted by Crippen LogP contribution is 2.33. The maximum atomic E-state index is 12.9. The van der Waals surface area contributed by atoms with Crippen LogP contribution in [0, 0.1) is 0 Å². The average Bonchev–Trinajstić information content (AvgIpc) is 2.99. The summed E-state index contributed by atoms with van der Waals surface area (Å²) in [6.07, 6.45) is 1.43. The number of carbonyl (C=O) groups excluding carboxylic acids is 2. The Labute approximate surface area is 136 Å². The van der Waals surface area contributed by atoms with Crippen LogP contribution in [0.25, 0.3) is 0 Å². The molecule has 0 saturated heterocycles. The third-order valence-corrected chi connectivity index (χ3v) is 4.07. The maximum absolute atomic E-state index is 12.9. The van der Waals surface area contributed by atoms with Crippen molar-refractivity contribution in [2.45, 2.75) is 25.8 Å². The fourth-order valence-corrected chi connectivity index (χ4v) is 2.93. The van der Waals surface area contributed by atoms with Gasteiger partial charge in [-0.2, -0.15) is 0 Å². The van der Waals surface area contributed by atoms with E-state index < -0.39 is 6.04 Å². The lowest BCUT2D eigenvalue weighted by Gasteiger charge is -2.25. The SMILES string of the molecule is CCCNC(=O)[C@H]1Cc2ccccc2N1C(=O)c1ccccc1. The van der Waals surface area contributed by atoms with Crippen molar-refractivity contribution < 1.29 is 9.59 Å². The van der Waals surface area contributed by atoms with E-state index in [0.717, 1.165) is 17.7 Å². The Bertz CT molecular complexity index is 712. The molecule has 1 aliphatic heterocycles. The molecule has 0 spiro atoms. The Morgan fingerprint density at radius 3 is 2.52 bits per heavy atom. The Kier molecular flexibility index (Phi) is 4.42. The Balaban J connectivity index is 1.95. The minimum Gasteiger partial charge on any atom is -0.354 e. The summed E-state index contributed by atoms with van der Waals surface area (Å²) in [5.41, 5.74) is 2.46. The van der Waals surface area contributed by atoms with Crippen molar-refractivity contribution in [2.24, 2.45) is 0 Å². The number of amides is 2. The van der Waals surface area contributed by atoms with E-state index in [-0.39, 0.29) is 11.8 Å². The standard InChI is InChI=1S/C19H20N2O2/c1-2-12-20-18(22)17-13-15-10-6-7-11-16(15)21(17)19(23)14-8-4-3-5-9-14/h3-11,17H,2,12-13H2,1H3,(H,20,22)/t17-/m1/s1. The quantitative estimate of drug-likeness (QED) is 0.944. The third-order valence-electron chi connectivity index (χ3n) is 4.07. The minimum absolute atomic E-state index is 0.0904. The van der Waals surface area contributed by atoms with Crippen LogP contribution in [0.15, 0.2) is 54.6 Å². The molecule has 0 unspecified atom stereocenters. The molecule has 1 N–H and O–H groups in total. The number of nitrogens with one attached hydrogen (secondary N) is 1. The Hall–Kier alpha value is -2.62. The smallest absolute Gasteiger partial charge is 0.259 e. The van der Waals surface area contributed by atoms with E-state index in [9.17, 15) is 9.59 Å². The summed E-state index contributed by atoms with van der Waals surface area (Å²) in [6, 6.07) is 16.4. The van der Waals surface area contributed by atoms with Gasteiger partial charge in [0.2, 0.25) is 5.91 Å². The van der Waals surface area contributed by atoms with E-state index in [4.69, 9.17) is 0 Å². The first-order chi connectivity index (χ1) is 11.2. The van der Waals surface area contributed by atoms with Gasteiger partial charge in [-0.1, -0.05) is 43.3 Å². The molecule has 1 heterocycles. The molecule has 0 aliphatic carbocycles. The highest BCUT2D eigenvalue weighted by atomic mass is 16.2. The van der Waals surface area contributed by atoms with Gasteiger partial charge in [0.05, 0.1) is 0 Å². The number of anilines is 1. The van der Waals surface area contributed by atoms with Crippen LogP contribution >= 0.6 is 0 Å². The zero-order valence-electron chi connectivity index (χ0n) is 13.2. The van der Waals surface area contributed by atoms with Gasteiger partial charge in [-0.25, -0.2) is 0 Å². The number of para-hydroxylation sites is 1. The third kappa shape index (κ3) is 2.97. The number of fused-ring (bicyclic) bond motifs is 1. The number of benzene rings is 2. The summed E-state index contributed by atoms with van der Waals surface area (Å²) in [5.74, 6) is -0.223. The monoisotopic (exact) mass is 308 g/mol. The van der Waals surface area contributed by atoms with Crippen molar-refractivity contribution >= 4 is 17.5 Å². The summed E-state index contributed by atoms with van der Waals surface area (Å²) < 4.78 is 0. The van der Waals surface area contributed by atoms with Crippen LogP contribution in [-0.2, 0) is 11.2 Å². The van der Waals surface area contributed by atoms with Gasteiger partial charge < -0.3 is 5.32 Å². The van der Waals surface area contributed by atoms with Crippen molar-refractivity contribution in [1.29, 1.82) is 0 Å². The number of rotatable bonds is 4. The van der Waals surface area contributed by atoms with Gasteiger partial charge in [-0.05, 0) is 30.2 Å².